The number of aromatic nitrogens is 4. The van der Waals surface area contributed by atoms with E-state index in [0.29, 0.717) is 5.95 Å². The van der Waals surface area contributed by atoms with Crippen LogP contribution in [0.15, 0.2) is 180 Å². The molecule has 1 aliphatic heterocycles. The van der Waals surface area contributed by atoms with Gasteiger partial charge >= 0.3 is 0 Å². The summed E-state index contributed by atoms with van der Waals surface area (Å²) in [7, 11) is 0. The second-order valence-corrected chi connectivity index (χ2v) is 17.3. The third kappa shape index (κ3) is 4.31. The monoisotopic (exact) mass is 758 g/mol. The zero-order chi connectivity index (χ0) is 38.3. The summed E-state index contributed by atoms with van der Waals surface area (Å²) in [6, 6.07) is 62.2. The van der Waals surface area contributed by atoms with Gasteiger partial charge in [0.25, 0.3) is 0 Å². The molecular formula is C53H34N4S. The maximum absolute atomic E-state index is 5.41. The van der Waals surface area contributed by atoms with Gasteiger partial charge in [0.05, 0.1) is 33.3 Å². The van der Waals surface area contributed by atoms with Crippen LogP contribution >= 0.6 is 11.8 Å². The van der Waals surface area contributed by atoms with Crippen molar-refractivity contribution in [3.05, 3.63) is 181 Å². The van der Waals surface area contributed by atoms with Crippen LogP contribution in [0.25, 0.3) is 99.7 Å². The van der Waals surface area contributed by atoms with Gasteiger partial charge in [-0.25, -0.2) is 9.97 Å². The lowest BCUT2D eigenvalue weighted by Crippen LogP contribution is -2.15. The smallest absolute Gasteiger partial charge is 0.235 e. The van der Waals surface area contributed by atoms with Gasteiger partial charge in [-0.2, -0.15) is 0 Å². The maximum Gasteiger partial charge on any atom is 0.235 e. The minimum Gasteiger partial charge on any atom is -0.309 e. The van der Waals surface area contributed by atoms with Crippen molar-refractivity contribution in [3.63, 3.8) is 0 Å². The molecule has 0 amide bonds. The standard InChI is InChI=1S/C53H34N4S/c1-53(2)41-16-7-3-12-34(41)35-27-24-33(30-42(35)53)56-44-18-8-4-13-36(44)38-25-22-31(28-46(38)56)32-23-26-39-37-14-5-9-19-45(37)57(47(39)29-32)52-54-43-17-11-21-49-50(43)51(55-52)40-15-6-10-20-48(40)58-49/h3-30H,1-2H3. The number of benzene rings is 8. The van der Waals surface area contributed by atoms with Gasteiger partial charge in [0, 0.05) is 53.4 Å². The molecular weight excluding hydrogens is 725 g/mol. The van der Waals surface area contributed by atoms with Crippen molar-refractivity contribution in [2.75, 3.05) is 0 Å². The van der Waals surface area contributed by atoms with E-state index in [4.69, 9.17) is 9.97 Å². The fourth-order valence-corrected chi connectivity index (χ4v) is 11.1. The first-order chi connectivity index (χ1) is 28.5. The predicted octanol–water partition coefficient (Wildman–Crippen LogP) is 13.9. The van der Waals surface area contributed by atoms with Crippen molar-refractivity contribution in [1.82, 2.24) is 19.1 Å². The van der Waals surface area contributed by atoms with Crippen molar-refractivity contribution in [2.24, 2.45) is 0 Å². The molecule has 0 N–H and O–H groups in total. The Balaban J connectivity index is 1.02. The molecule has 4 heterocycles. The Hall–Kier alpha value is -6.95. The van der Waals surface area contributed by atoms with Gasteiger partial charge in [0.2, 0.25) is 5.95 Å². The van der Waals surface area contributed by atoms with Crippen LogP contribution < -0.4 is 0 Å². The highest BCUT2D eigenvalue weighted by atomic mass is 32.2. The van der Waals surface area contributed by atoms with Gasteiger partial charge in [-0.05, 0) is 88.0 Å². The molecule has 13 rings (SSSR count). The molecule has 3 aromatic heterocycles. The Kier molecular flexibility index (Phi) is 6.41. The van der Waals surface area contributed by atoms with Crippen molar-refractivity contribution in [3.8, 4) is 45.1 Å². The summed E-state index contributed by atoms with van der Waals surface area (Å²) in [5.41, 5.74) is 16.5. The summed E-state index contributed by atoms with van der Waals surface area (Å²) in [6.45, 7) is 4.71. The van der Waals surface area contributed by atoms with E-state index < -0.39 is 0 Å². The average Bonchev–Trinajstić information content (AvgIpc) is 3.86. The zero-order valence-electron chi connectivity index (χ0n) is 31.9. The first kappa shape index (κ1) is 32.2. The predicted molar refractivity (Wildman–Crippen MR) is 241 cm³/mol. The summed E-state index contributed by atoms with van der Waals surface area (Å²) in [5, 5.41) is 5.98. The Bertz CT molecular complexity index is 3590. The SMILES string of the molecule is CC1(C)c2ccccc2-c2ccc(-n3c4ccccc4c4ccc(-c5ccc6c7ccccc7n(-c7nc8c9c(cccc9n7)Sc7ccccc7-8)c6c5)cc43)cc21. The van der Waals surface area contributed by atoms with E-state index in [-0.39, 0.29) is 5.41 Å². The summed E-state index contributed by atoms with van der Waals surface area (Å²) in [4.78, 5) is 13.1. The molecule has 58 heavy (non-hydrogen) atoms. The van der Waals surface area contributed by atoms with Crippen LogP contribution in [0.4, 0.5) is 0 Å². The van der Waals surface area contributed by atoms with Crippen LogP contribution in [0.3, 0.4) is 0 Å². The van der Waals surface area contributed by atoms with Crippen molar-refractivity contribution in [2.45, 2.75) is 29.1 Å². The fourth-order valence-electron chi connectivity index (χ4n) is 10.0. The summed E-state index contributed by atoms with van der Waals surface area (Å²) in [5.74, 6) is 0.682. The number of fused-ring (bicyclic) bond motifs is 11. The maximum atomic E-state index is 5.41. The van der Waals surface area contributed by atoms with Crippen LogP contribution in [0.2, 0.25) is 0 Å². The molecule has 0 bridgehead atoms. The van der Waals surface area contributed by atoms with Crippen molar-refractivity contribution >= 4 is 66.3 Å². The van der Waals surface area contributed by atoms with Crippen LogP contribution in [0, 0.1) is 0 Å². The molecule has 0 radical (unpaired) electrons. The highest BCUT2D eigenvalue weighted by Gasteiger charge is 2.35. The van der Waals surface area contributed by atoms with Gasteiger partial charge in [0.15, 0.2) is 0 Å². The van der Waals surface area contributed by atoms with Crippen molar-refractivity contribution in [1.29, 1.82) is 0 Å². The zero-order valence-corrected chi connectivity index (χ0v) is 32.7. The molecule has 0 saturated carbocycles. The second kappa shape index (κ2) is 11.6. The van der Waals surface area contributed by atoms with E-state index in [0.717, 1.165) is 44.3 Å². The average molecular weight is 759 g/mol. The fraction of sp³-hybridized carbons (Fsp3) is 0.0566. The molecule has 0 atom stereocenters. The third-order valence-electron chi connectivity index (χ3n) is 12.7. The lowest BCUT2D eigenvalue weighted by Gasteiger charge is -2.22. The summed E-state index contributed by atoms with van der Waals surface area (Å²) in [6.07, 6.45) is 0. The number of para-hydroxylation sites is 2. The minimum atomic E-state index is -0.0865. The highest BCUT2D eigenvalue weighted by Crippen LogP contribution is 2.50. The molecule has 4 nitrogen and oxygen atoms in total. The minimum absolute atomic E-state index is 0.0865. The quantitative estimate of drug-likeness (QED) is 0.180. The Morgan fingerprint density at radius 1 is 0.448 bits per heavy atom. The Labute approximate surface area is 339 Å². The van der Waals surface area contributed by atoms with Gasteiger partial charge in [-0.3, -0.25) is 4.57 Å². The topological polar surface area (TPSA) is 35.6 Å². The van der Waals surface area contributed by atoms with E-state index in [2.05, 4.69) is 193 Å². The highest BCUT2D eigenvalue weighted by molar-refractivity contribution is 7.99. The largest absolute Gasteiger partial charge is 0.309 e. The molecule has 5 heteroatoms. The van der Waals surface area contributed by atoms with E-state index in [1.807, 2.05) is 0 Å². The molecule has 8 aromatic carbocycles. The Morgan fingerprint density at radius 3 is 1.83 bits per heavy atom. The van der Waals surface area contributed by atoms with Gasteiger partial charge in [-0.1, -0.05) is 141 Å². The summed E-state index contributed by atoms with van der Waals surface area (Å²) >= 11 is 1.80. The Morgan fingerprint density at radius 2 is 1.05 bits per heavy atom. The molecule has 0 saturated heterocycles. The van der Waals surface area contributed by atoms with E-state index in [1.165, 1.54) is 70.3 Å². The van der Waals surface area contributed by atoms with E-state index >= 15 is 0 Å². The molecule has 0 spiro atoms. The molecule has 1 aliphatic carbocycles. The normalized spacial score (nSPS) is 13.8. The van der Waals surface area contributed by atoms with Crippen LogP contribution in [-0.4, -0.2) is 19.1 Å². The van der Waals surface area contributed by atoms with Crippen LogP contribution in [0.1, 0.15) is 25.0 Å². The van der Waals surface area contributed by atoms with Crippen LogP contribution in [0.5, 0.6) is 0 Å². The second-order valence-electron chi connectivity index (χ2n) is 16.2. The lowest BCUT2D eigenvalue weighted by molar-refractivity contribution is 0.660. The summed E-state index contributed by atoms with van der Waals surface area (Å²) < 4.78 is 4.73. The van der Waals surface area contributed by atoms with Gasteiger partial charge in [-0.15, -0.1) is 0 Å². The van der Waals surface area contributed by atoms with Crippen LogP contribution in [-0.2, 0) is 5.41 Å². The molecule has 0 unspecified atom stereocenters. The van der Waals surface area contributed by atoms with Gasteiger partial charge in [0.1, 0.15) is 0 Å². The van der Waals surface area contributed by atoms with E-state index in [1.54, 1.807) is 11.8 Å². The number of hydrogen-bond acceptors (Lipinski definition) is 3. The van der Waals surface area contributed by atoms with E-state index in [9.17, 15) is 0 Å². The molecule has 2 aliphatic rings. The first-order valence-corrected chi connectivity index (χ1v) is 20.7. The number of nitrogens with zero attached hydrogens (tertiary/aromatic N) is 4. The van der Waals surface area contributed by atoms with Crippen molar-refractivity contribution < 1.29 is 0 Å². The third-order valence-corrected chi connectivity index (χ3v) is 13.9. The molecule has 11 aromatic rings. The van der Waals surface area contributed by atoms with Gasteiger partial charge < -0.3 is 4.57 Å². The number of hydrogen-bond donors (Lipinski definition) is 0. The number of rotatable bonds is 3. The molecule has 0 fully saturated rings. The first-order valence-electron chi connectivity index (χ1n) is 19.9. The molecule has 272 valence electrons. The lowest BCUT2D eigenvalue weighted by atomic mass is 9.82.